The summed E-state index contributed by atoms with van der Waals surface area (Å²) >= 11 is 0. The lowest BCUT2D eigenvalue weighted by molar-refractivity contribution is -0.138. The zero-order chi connectivity index (χ0) is 28.1. The number of hydroxylamine groups is 2. The van der Waals surface area contributed by atoms with Crippen LogP contribution in [0.3, 0.4) is 0 Å². The maximum absolute atomic E-state index is 13.9. The maximum Gasteiger partial charge on any atom is 0.416 e. The molecule has 0 spiro atoms. The number of halogens is 3. The zero-order valence-electron chi connectivity index (χ0n) is 22.6. The minimum atomic E-state index is -4.49. The molecule has 39 heavy (non-hydrogen) atoms. The Hall–Kier alpha value is -3.08. The molecule has 8 nitrogen and oxygen atoms in total. The van der Waals surface area contributed by atoms with E-state index in [2.05, 4.69) is 5.10 Å². The summed E-state index contributed by atoms with van der Waals surface area (Å²) in [4.78, 5) is 29.8. The monoisotopic (exact) mass is 547 g/mol. The Balaban J connectivity index is 1.36. The molecule has 2 aliphatic heterocycles. The van der Waals surface area contributed by atoms with Crippen LogP contribution in [0.5, 0.6) is 0 Å². The van der Waals surface area contributed by atoms with Gasteiger partial charge in [-0.1, -0.05) is 18.2 Å². The molecule has 1 saturated carbocycles. The molecule has 1 aliphatic carbocycles. The van der Waals surface area contributed by atoms with Crippen LogP contribution in [0.25, 0.3) is 0 Å². The van der Waals surface area contributed by atoms with Gasteiger partial charge in [0.2, 0.25) is 0 Å². The number of hydrogen-bond donors (Lipinski definition) is 1. The van der Waals surface area contributed by atoms with E-state index >= 15 is 0 Å². The Kier molecular flexibility index (Phi) is 7.15. The minimum absolute atomic E-state index is 0.00619. The lowest BCUT2D eigenvalue weighted by atomic mass is 9.97. The SMILES string of the molecule is CC(C)(C)N(O)C(=O)N1CCC(n2ncc(C(=O)N3CCCC3c3ccccc3C(F)(F)F)c2C2CC2)CC1. The molecule has 1 atom stereocenters. The van der Waals surface area contributed by atoms with Crippen molar-refractivity contribution >= 4 is 11.9 Å². The van der Waals surface area contributed by atoms with Crippen LogP contribution in [0.1, 0.15) is 104 Å². The van der Waals surface area contributed by atoms with Gasteiger partial charge in [-0.05, 0) is 70.9 Å². The third kappa shape index (κ3) is 5.37. The second-order valence-electron chi connectivity index (χ2n) is 11.9. The first-order chi connectivity index (χ1) is 18.4. The average molecular weight is 548 g/mol. The molecule has 1 unspecified atom stereocenters. The fourth-order valence-corrected chi connectivity index (χ4v) is 5.85. The van der Waals surface area contributed by atoms with Crippen molar-refractivity contribution in [3.05, 3.63) is 52.8 Å². The number of carbonyl (C=O) groups excluding carboxylic acids is 2. The van der Waals surface area contributed by atoms with Crippen molar-refractivity contribution in [2.24, 2.45) is 0 Å². The number of carbonyl (C=O) groups is 2. The third-order valence-electron chi connectivity index (χ3n) is 8.06. The number of urea groups is 1. The zero-order valence-corrected chi connectivity index (χ0v) is 22.6. The second-order valence-corrected chi connectivity index (χ2v) is 11.9. The highest BCUT2D eigenvalue weighted by atomic mass is 19.4. The van der Waals surface area contributed by atoms with Crippen LogP contribution in [0.2, 0.25) is 0 Å². The largest absolute Gasteiger partial charge is 0.416 e. The highest BCUT2D eigenvalue weighted by Gasteiger charge is 2.42. The number of likely N-dealkylation sites (tertiary alicyclic amines) is 2. The first kappa shape index (κ1) is 27.5. The maximum atomic E-state index is 13.9. The summed E-state index contributed by atoms with van der Waals surface area (Å²) in [6.07, 6.45) is 1.34. The van der Waals surface area contributed by atoms with E-state index in [-0.39, 0.29) is 23.4 Å². The van der Waals surface area contributed by atoms with Gasteiger partial charge >= 0.3 is 12.2 Å². The third-order valence-corrected chi connectivity index (χ3v) is 8.06. The predicted octanol–water partition coefficient (Wildman–Crippen LogP) is 6.00. The molecule has 212 valence electrons. The molecule has 0 bridgehead atoms. The Labute approximate surface area is 226 Å². The average Bonchev–Trinajstić information content (AvgIpc) is 3.44. The van der Waals surface area contributed by atoms with Gasteiger partial charge in [-0.15, -0.1) is 0 Å². The molecular formula is C28H36F3N5O3. The second kappa shape index (κ2) is 10.1. The van der Waals surface area contributed by atoms with E-state index in [1.54, 1.807) is 42.8 Å². The fourth-order valence-electron chi connectivity index (χ4n) is 5.85. The van der Waals surface area contributed by atoms with Gasteiger partial charge in [-0.3, -0.25) is 14.7 Å². The van der Waals surface area contributed by atoms with Crippen molar-refractivity contribution in [3.63, 3.8) is 0 Å². The fraction of sp³-hybridized carbons (Fsp3) is 0.607. The van der Waals surface area contributed by atoms with E-state index in [4.69, 9.17) is 0 Å². The van der Waals surface area contributed by atoms with Gasteiger partial charge in [0.05, 0.1) is 40.6 Å². The van der Waals surface area contributed by atoms with E-state index in [0.29, 0.717) is 50.9 Å². The van der Waals surface area contributed by atoms with E-state index in [1.165, 1.54) is 12.1 Å². The van der Waals surface area contributed by atoms with Crippen LogP contribution in [-0.4, -0.2) is 67.0 Å². The Morgan fingerprint density at radius 3 is 2.28 bits per heavy atom. The Bertz CT molecular complexity index is 1230. The van der Waals surface area contributed by atoms with Gasteiger partial charge in [-0.25, -0.2) is 9.86 Å². The summed E-state index contributed by atoms with van der Waals surface area (Å²) in [6, 6.07) is 4.46. The van der Waals surface area contributed by atoms with Crippen molar-refractivity contribution < 1.29 is 28.0 Å². The van der Waals surface area contributed by atoms with Crippen molar-refractivity contribution in [1.29, 1.82) is 0 Å². The molecule has 3 aliphatic rings. The molecule has 2 aromatic rings. The summed E-state index contributed by atoms with van der Waals surface area (Å²) in [5.41, 5.74) is 0.0707. The summed E-state index contributed by atoms with van der Waals surface area (Å²) < 4.78 is 43.2. The number of aromatic nitrogens is 2. The topological polar surface area (TPSA) is 81.9 Å². The quantitative estimate of drug-likeness (QED) is 0.376. The van der Waals surface area contributed by atoms with E-state index in [1.807, 2.05) is 4.68 Å². The predicted molar refractivity (Wildman–Crippen MR) is 137 cm³/mol. The Morgan fingerprint density at radius 2 is 1.67 bits per heavy atom. The Morgan fingerprint density at radius 1 is 1.00 bits per heavy atom. The van der Waals surface area contributed by atoms with Crippen LogP contribution >= 0.6 is 0 Å². The molecule has 1 aromatic heterocycles. The van der Waals surface area contributed by atoms with Crippen molar-refractivity contribution in [3.8, 4) is 0 Å². The number of piperidine rings is 1. The lowest BCUT2D eigenvalue weighted by Crippen LogP contribution is -2.52. The molecule has 1 aromatic carbocycles. The standard InChI is InChI=1S/C28H36F3N5O3/c1-27(2,3)36(39)26(38)33-15-12-19(13-16-33)35-24(18-10-11-18)21(17-32-35)25(37)34-14-6-9-23(34)20-7-4-5-8-22(20)28(29,30)31/h4-5,7-8,17-19,23,39H,6,9-16H2,1-3H3. The molecule has 11 heteroatoms. The van der Waals surface area contributed by atoms with Crippen molar-refractivity contribution in [2.75, 3.05) is 19.6 Å². The van der Waals surface area contributed by atoms with E-state index < -0.39 is 29.4 Å². The summed E-state index contributed by atoms with van der Waals surface area (Å²) in [5, 5.41) is 15.6. The molecular weight excluding hydrogens is 511 g/mol. The number of nitrogens with zero attached hydrogens (tertiary/aromatic N) is 5. The van der Waals surface area contributed by atoms with Gasteiger partial charge < -0.3 is 9.80 Å². The van der Waals surface area contributed by atoms with Gasteiger partial charge in [0.25, 0.3) is 5.91 Å². The van der Waals surface area contributed by atoms with Gasteiger partial charge in [-0.2, -0.15) is 18.3 Å². The lowest BCUT2D eigenvalue weighted by Gasteiger charge is -2.38. The van der Waals surface area contributed by atoms with E-state index in [9.17, 15) is 28.0 Å². The molecule has 3 heterocycles. The number of benzene rings is 1. The van der Waals surface area contributed by atoms with E-state index in [0.717, 1.165) is 29.7 Å². The number of alkyl halides is 3. The summed E-state index contributed by atoms with van der Waals surface area (Å²) in [5.74, 6) is -0.0696. The van der Waals surface area contributed by atoms with Gasteiger partial charge in [0.1, 0.15) is 0 Å². The molecule has 0 radical (unpaired) electrons. The highest BCUT2D eigenvalue weighted by molar-refractivity contribution is 5.96. The van der Waals surface area contributed by atoms with Crippen molar-refractivity contribution in [1.82, 2.24) is 24.6 Å². The molecule has 1 N–H and O–H groups in total. The summed E-state index contributed by atoms with van der Waals surface area (Å²) in [6.45, 7) is 6.58. The smallest absolute Gasteiger partial charge is 0.331 e. The minimum Gasteiger partial charge on any atom is -0.331 e. The normalized spacial score (nSPS) is 20.9. The molecule has 3 fully saturated rings. The number of hydrogen-bond acceptors (Lipinski definition) is 4. The van der Waals surface area contributed by atoms with Crippen LogP contribution in [0.15, 0.2) is 30.5 Å². The summed E-state index contributed by atoms with van der Waals surface area (Å²) in [7, 11) is 0. The molecule has 2 saturated heterocycles. The molecule has 3 amide bonds. The van der Waals surface area contributed by atoms with Crippen LogP contribution < -0.4 is 0 Å². The van der Waals surface area contributed by atoms with Crippen LogP contribution in [0.4, 0.5) is 18.0 Å². The highest BCUT2D eigenvalue weighted by Crippen LogP contribution is 2.45. The first-order valence-electron chi connectivity index (χ1n) is 13.7. The molecule has 5 rings (SSSR count). The van der Waals surface area contributed by atoms with Crippen LogP contribution in [-0.2, 0) is 6.18 Å². The van der Waals surface area contributed by atoms with Crippen molar-refractivity contribution in [2.45, 2.75) is 89.0 Å². The first-order valence-corrected chi connectivity index (χ1v) is 13.7. The van der Waals surface area contributed by atoms with Gasteiger partial charge in [0, 0.05) is 25.6 Å². The number of rotatable bonds is 4. The van der Waals surface area contributed by atoms with Crippen LogP contribution in [0, 0.1) is 0 Å². The van der Waals surface area contributed by atoms with Gasteiger partial charge in [0.15, 0.2) is 0 Å². The number of amides is 3.